The second-order valence-corrected chi connectivity index (χ2v) is 4.72. The van der Waals surface area contributed by atoms with Crippen molar-refractivity contribution in [1.29, 1.82) is 0 Å². The van der Waals surface area contributed by atoms with E-state index in [1.807, 2.05) is 61.1 Å². The van der Waals surface area contributed by atoms with Crippen LogP contribution in [0.15, 0.2) is 36.5 Å². The van der Waals surface area contributed by atoms with Gasteiger partial charge < -0.3 is 4.90 Å². The summed E-state index contributed by atoms with van der Waals surface area (Å²) in [7, 11) is 3.97. The van der Waals surface area contributed by atoms with Crippen LogP contribution in [0.5, 0.6) is 0 Å². The molecule has 2 aromatic heterocycles. The van der Waals surface area contributed by atoms with Gasteiger partial charge in [-0.2, -0.15) is 0 Å². The van der Waals surface area contributed by atoms with Crippen molar-refractivity contribution in [1.82, 2.24) is 20.0 Å². The van der Waals surface area contributed by atoms with E-state index in [1.165, 1.54) is 0 Å². The fourth-order valence-electron chi connectivity index (χ4n) is 2.20. The first-order chi connectivity index (χ1) is 9.16. The third-order valence-electron chi connectivity index (χ3n) is 3.06. The number of nitrogens with zero attached hydrogens (tertiary/aromatic N) is 5. The van der Waals surface area contributed by atoms with Crippen LogP contribution in [0.4, 0.5) is 5.82 Å². The lowest BCUT2D eigenvalue weighted by Crippen LogP contribution is -2.12. The first kappa shape index (κ1) is 11.6. The van der Waals surface area contributed by atoms with Crippen LogP contribution in [0.2, 0.25) is 0 Å². The molecule has 0 saturated carbocycles. The fraction of sp³-hybridized carbons (Fsp3) is 0.214. The molecule has 3 aromatic rings. The van der Waals surface area contributed by atoms with Crippen molar-refractivity contribution in [2.24, 2.45) is 0 Å². The van der Waals surface area contributed by atoms with Crippen molar-refractivity contribution in [2.75, 3.05) is 19.0 Å². The molecule has 0 unspecified atom stereocenters. The third kappa shape index (κ3) is 1.93. The van der Waals surface area contributed by atoms with Gasteiger partial charge in [-0.05, 0) is 30.7 Å². The molecule has 0 fully saturated rings. The predicted molar refractivity (Wildman–Crippen MR) is 75.7 cm³/mol. The van der Waals surface area contributed by atoms with Crippen molar-refractivity contribution in [3.63, 3.8) is 0 Å². The van der Waals surface area contributed by atoms with Crippen LogP contribution < -0.4 is 4.90 Å². The minimum absolute atomic E-state index is 0.886. The molecule has 0 radical (unpaired) electrons. The van der Waals surface area contributed by atoms with E-state index in [0.29, 0.717) is 0 Å². The topological polar surface area (TPSA) is 46.8 Å². The normalized spacial score (nSPS) is 10.9. The lowest BCUT2D eigenvalue weighted by atomic mass is 10.2. The monoisotopic (exact) mass is 253 g/mol. The maximum absolute atomic E-state index is 4.48. The minimum Gasteiger partial charge on any atom is -0.363 e. The highest BCUT2D eigenvalue weighted by Gasteiger charge is 2.09. The molecule has 3 rings (SSSR count). The van der Waals surface area contributed by atoms with Gasteiger partial charge in [0.05, 0.1) is 17.4 Å². The first-order valence-corrected chi connectivity index (χ1v) is 6.11. The number of hydrogen-bond donors (Lipinski definition) is 0. The zero-order chi connectivity index (χ0) is 13.4. The summed E-state index contributed by atoms with van der Waals surface area (Å²) in [5.41, 5.74) is 3.91. The Hall–Kier alpha value is -2.43. The van der Waals surface area contributed by atoms with Gasteiger partial charge in [-0.25, -0.2) is 9.67 Å². The van der Waals surface area contributed by atoms with Crippen LogP contribution in [-0.2, 0) is 0 Å². The van der Waals surface area contributed by atoms with Gasteiger partial charge in [0.15, 0.2) is 0 Å². The van der Waals surface area contributed by atoms with Gasteiger partial charge >= 0.3 is 0 Å². The Labute approximate surface area is 111 Å². The van der Waals surface area contributed by atoms with Crippen LogP contribution >= 0.6 is 0 Å². The van der Waals surface area contributed by atoms with E-state index in [2.05, 4.69) is 21.4 Å². The Morgan fingerprint density at radius 3 is 2.68 bits per heavy atom. The lowest BCUT2D eigenvalue weighted by molar-refractivity contribution is 0.818. The number of aromatic nitrogens is 4. The minimum atomic E-state index is 0.886. The number of anilines is 1. The first-order valence-electron chi connectivity index (χ1n) is 6.11. The van der Waals surface area contributed by atoms with Gasteiger partial charge in [-0.1, -0.05) is 17.3 Å². The van der Waals surface area contributed by atoms with Crippen LogP contribution in [0.1, 0.15) is 5.56 Å². The molecule has 0 bridgehead atoms. The number of fused-ring (bicyclic) bond motifs is 1. The SMILES string of the molecule is Cc1cc(-n2nnc3ccccc32)cnc1N(C)C. The number of rotatable bonds is 2. The summed E-state index contributed by atoms with van der Waals surface area (Å²) in [4.78, 5) is 6.48. The molecule has 1 aromatic carbocycles. The number of aryl methyl sites for hydroxylation is 1. The quantitative estimate of drug-likeness (QED) is 0.702. The highest BCUT2D eigenvalue weighted by Crippen LogP contribution is 2.20. The molecule has 2 heterocycles. The molecular weight excluding hydrogens is 238 g/mol. The maximum atomic E-state index is 4.48. The van der Waals surface area contributed by atoms with Crippen molar-refractivity contribution >= 4 is 16.9 Å². The fourth-order valence-corrected chi connectivity index (χ4v) is 2.20. The molecule has 0 aliphatic heterocycles. The molecule has 0 saturated heterocycles. The largest absolute Gasteiger partial charge is 0.363 e. The van der Waals surface area contributed by atoms with E-state index in [9.17, 15) is 0 Å². The van der Waals surface area contributed by atoms with Crippen LogP contribution in [-0.4, -0.2) is 34.1 Å². The maximum Gasteiger partial charge on any atom is 0.131 e. The zero-order valence-corrected chi connectivity index (χ0v) is 11.2. The second-order valence-electron chi connectivity index (χ2n) is 4.72. The standard InChI is InChI=1S/C14H15N5/c1-10-8-11(9-15-14(10)18(2)3)19-13-7-5-4-6-12(13)16-17-19/h4-9H,1-3H3. The van der Waals surface area contributed by atoms with E-state index in [-0.39, 0.29) is 0 Å². The Kier molecular flexibility index (Phi) is 2.67. The highest BCUT2D eigenvalue weighted by molar-refractivity contribution is 5.75. The molecule has 19 heavy (non-hydrogen) atoms. The van der Waals surface area contributed by atoms with Crippen LogP contribution in [0, 0.1) is 6.92 Å². The molecule has 96 valence electrons. The average molecular weight is 253 g/mol. The van der Waals surface area contributed by atoms with Crippen molar-refractivity contribution in [2.45, 2.75) is 6.92 Å². The summed E-state index contributed by atoms with van der Waals surface area (Å²) in [6.07, 6.45) is 1.82. The van der Waals surface area contributed by atoms with E-state index in [0.717, 1.165) is 28.1 Å². The molecular formula is C14H15N5. The van der Waals surface area contributed by atoms with Gasteiger partial charge in [0, 0.05) is 14.1 Å². The summed E-state index contributed by atoms with van der Waals surface area (Å²) in [5.74, 6) is 0.966. The summed E-state index contributed by atoms with van der Waals surface area (Å²) in [6, 6.07) is 9.97. The molecule has 0 N–H and O–H groups in total. The molecule has 5 nitrogen and oxygen atoms in total. The Balaban J connectivity index is 2.14. The molecule has 0 spiro atoms. The van der Waals surface area contributed by atoms with Crippen molar-refractivity contribution < 1.29 is 0 Å². The lowest BCUT2D eigenvalue weighted by Gasteiger charge is -2.14. The summed E-state index contributed by atoms with van der Waals surface area (Å²) in [6.45, 7) is 2.05. The zero-order valence-electron chi connectivity index (χ0n) is 11.2. The Morgan fingerprint density at radius 2 is 1.95 bits per heavy atom. The molecule has 0 amide bonds. The number of benzene rings is 1. The Morgan fingerprint density at radius 1 is 1.16 bits per heavy atom. The van der Waals surface area contributed by atoms with Gasteiger partial charge in [0.1, 0.15) is 11.3 Å². The number of hydrogen-bond acceptors (Lipinski definition) is 4. The summed E-state index contributed by atoms with van der Waals surface area (Å²) < 4.78 is 1.81. The summed E-state index contributed by atoms with van der Waals surface area (Å²) >= 11 is 0. The smallest absolute Gasteiger partial charge is 0.131 e. The van der Waals surface area contributed by atoms with E-state index in [1.54, 1.807) is 0 Å². The molecule has 5 heteroatoms. The van der Waals surface area contributed by atoms with Crippen molar-refractivity contribution in [3.8, 4) is 5.69 Å². The highest BCUT2D eigenvalue weighted by atomic mass is 15.4. The number of para-hydroxylation sites is 1. The van der Waals surface area contributed by atoms with E-state index < -0.39 is 0 Å². The van der Waals surface area contributed by atoms with Crippen molar-refractivity contribution in [3.05, 3.63) is 42.1 Å². The number of pyridine rings is 1. The van der Waals surface area contributed by atoms with Gasteiger partial charge in [-0.15, -0.1) is 5.10 Å². The Bertz CT molecular complexity index is 730. The second kappa shape index (κ2) is 4.35. The predicted octanol–water partition coefficient (Wildman–Crippen LogP) is 2.19. The van der Waals surface area contributed by atoms with E-state index in [4.69, 9.17) is 0 Å². The van der Waals surface area contributed by atoms with Gasteiger partial charge in [-0.3, -0.25) is 0 Å². The third-order valence-corrected chi connectivity index (χ3v) is 3.06. The van der Waals surface area contributed by atoms with E-state index >= 15 is 0 Å². The molecule has 0 aliphatic carbocycles. The average Bonchev–Trinajstić information content (AvgIpc) is 2.82. The summed E-state index contributed by atoms with van der Waals surface area (Å²) in [5, 5.41) is 8.35. The molecule has 0 aliphatic rings. The van der Waals surface area contributed by atoms with Gasteiger partial charge in [0.2, 0.25) is 0 Å². The van der Waals surface area contributed by atoms with Crippen LogP contribution in [0.3, 0.4) is 0 Å². The van der Waals surface area contributed by atoms with Crippen LogP contribution in [0.25, 0.3) is 16.7 Å². The molecule has 0 atom stereocenters. The van der Waals surface area contributed by atoms with Gasteiger partial charge in [0.25, 0.3) is 0 Å².